The Hall–Kier alpha value is -0.910. The summed E-state index contributed by atoms with van der Waals surface area (Å²) in [7, 11) is -3.33. The van der Waals surface area contributed by atoms with E-state index >= 15 is 0 Å². The minimum absolute atomic E-state index is 0.415. The molecule has 1 aromatic rings. The molecule has 1 aliphatic heterocycles. The van der Waals surface area contributed by atoms with E-state index in [4.69, 9.17) is 5.73 Å². The summed E-state index contributed by atoms with van der Waals surface area (Å²) in [5.41, 5.74) is 6.69. The topological polar surface area (TPSA) is 63.4 Å². The van der Waals surface area contributed by atoms with E-state index in [-0.39, 0.29) is 0 Å². The maximum atomic E-state index is 12.5. The molecule has 1 fully saturated rings. The van der Waals surface area contributed by atoms with Crippen molar-refractivity contribution in [3.8, 4) is 0 Å². The molecule has 0 atom stereocenters. The maximum absolute atomic E-state index is 12.5. The summed E-state index contributed by atoms with van der Waals surface area (Å²) in [4.78, 5) is 0.415. The predicted octanol–water partition coefficient (Wildman–Crippen LogP) is 1.61. The predicted molar refractivity (Wildman–Crippen MR) is 76.4 cm³/mol. The fourth-order valence-corrected chi connectivity index (χ4v) is 4.00. The molecule has 1 aliphatic rings. The van der Waals surface area contributed by atoms with Gasteiger partial charge in [-0.15, -0.1) is 0 Å². The number of hydrogen-bond acceptors (Lipinski definition) is 3. The van der Waals surface area contributed by atoms with E-state index in [9.17, 15) is 8.42 Å². The van der Waals surface area contributed by atoms with Gasteiger partial charge in [-0.3, -0.25) is 0 Å². The Morgan fingerprint density at radius 1 is 1.32 bits per heavy atom. The fraction of sp³-hybridized carbons (Fsp3) is 0.571. The van der Waals surface area contributed by atoms with E-state index in [0.29, 0.717) is 30.4 Å². The van der Waals surface area contributed by atoms with Crippen LogP contribution < -0.4 is 5.73 Å². The van der Waals surface area contributed by atoms with Gasteiger partial charge in [0.2, 0.25) is 10.0 Å². The number of nitrogens with zero attached hydrogens (tertiary/aromatic N) is 1. The highest BCUT2D eigenvalue weighted by Gasteiger charge is 2.28. The Kier molecular flexibility index (Phi) is 4.60. The Morgan fingerprint density at radius 3 is 2.58 bits per heavy atom. The van der Waals surface area contributed by atoms with E-state index in [1.165, 1.54) is 0 Å². The van der Waals surface area contributed by atoms with Crippen molar-refractivity contribution in [3.05, 3.63) is 29.8 Å². The maximum Gasteiger partial charge on any atom is 0.243 e. The van der Waals surface area contributed by atoms with Gasteiger partial charge in [0.25, 0.3) is 0 Å². The van der Waals surface area contributed by atoms with Gasteiger partial charge in [0.1, 0.15) is 0 Å². The zero-order valence-electron chi connectivity index (χ0n) is 11.4. The number of rotatable bonds is 4. The van der Waals surface area contributed by atoms with Gasteiger partial charge in [-0.25, -0.2) is 8.42 Å². The van der Waals surface area contributed by atoms with Gasteiger partial charge in [-0.2, -0.15) is 4.31 Å². The molecule has 0 radical (unpaired) electrons. The van der Waals surface area contributed by atoms with Crippen molar-refractivity contribution >= 4 is 10.0 Å². The van der Waals surface area contributed by atoms with E-state index in [1.807, 2.05) is 19.1 Å². The molecular weight excluding hydrogens is 260 g/mol. The Balaban J connectivity index is 2.18. The molecule has 0 unspecified atom stereocenters. The Bertz CT molecular complexity index is 520. The van der Waals surface area contributed by atoms with Crippen LogP contribution in [0.3, 0.4) is 0 Å². The molecule has 1 aromatic carbocycles. The highest BCUT2D eigenvalue weighted by Crippen LogP contribution is 2.23. The molecule has 2 N–H and O–H groups in total. The summed E-state index contributed by atoms with van der Waals surface area (Å²) in [5.74, 6) is 0.466. The quantitative estimate of drug-likeness (QED) is 0.912. The third kappa shape index (κ3) is 3.16. The second-order valence-electron chi connectivity index (χ2n) is 5.08. The third-order valence-corrected chi connectivity index (χ3v) is 5.75. The molecule has 2 rings (SSSR count). The molecule has 0 bridgehead atoms. The highest BCUT2D eigenvalue weighted by atomic mass is 32.2. The normalized spacial score (nSPS) is 18.6. The number of hydrogen-bond donors (Lipinski definition) is 1. The molecule has 5 heteroatoms. The molecule has 0 saturated carbocycles. The van der Waals surface area contributed by atoms with Crippen LogP contribution in [0.25, 0.3) is 0 Å². The van der Waals surface area contributed by atoms with Crippen molar-refractivity contribution in [2.24, 2.45) is 11.7 Å². The second kappa shape index (κ2) is 6.03. The first kappa shape index (κ1) is 14.5. The van der Waals surface area contributed by atoms with Crippen molar-refractivity contribution in [2.45, 2.75) is 31.1 Å². The molecular formula is C14H22N2O2S. The minimum Gasteiger partial charge on any atom is -0.330 e. The van der Waals surface area contributed by atoms with Crippen molar-refractivity contribution in [2.75, 3.05) is 19.6 Å². The Morgan fingerprint density at radius 2 is 2.00 bits per heavy atom. The summed E-state index contributed by atoms with van der Waals surface area (Å²) < 4.78 is 26.7. The van der Waals surface area contributed by atoms with Gasteiger partial charge in [-0.05, 0) is 49.4 Å². The van der Waals surface area contributed by atoms with Crippen molar-refractivity contribution in [3.63, 3.8) is 0 Å². The van der Waals surface area contributed by atoms with Crippen LogP contribution in [0.15, 0.2) is 29.2 Å². The number of benzene rings is 1. The first-order valence-corrected chi connectivity index (χ1v) is 8.31. The van der Waals surface area contributed by atoms with E-state index in [0.717, 1.165) is 24.8 Å². The molecule has 0 amide bonds. The SMILES string of the molecule is CCc1cccc(S(=O)(=O)N2CCC(CN)CC2)c1. The summed E-state index contributed by atoms with van der Waals surface area (Å²) in [6.45, 7) is 3.85. The molecule has 19 heavy (non-hydrogen) atoms. The van der Waals surface area contributed by atoms with Gasteiger partial charge in [0.05, 0.1) is 4.90 Å². The molecule has 0 aliphatic carbocycles. The summed E-state index contributed by atoms with van der Waals surface area (Å²) >= 11 is 0. The monoisotopic (exact) mass is 282 g/mol. The minimum atomic E-state index is -3.33. The molecule has 0 aromatic heterocycles. The number of piperidine rings is 1. The van der Waals surface area contributed by atoms with Crippen molar-refractivity contribution in [1.29, 1.82) is 0 Å². The van der Waals surface area contributed by atoms with Gasteiger partial charge in [0, 0.05) is 13.1 Å². The van der Waals surface area contributed by atoms with Crippen LogP contribution in [0.4, 0.5) is 0 Å². The number of nitrogens with two attached hydrogens (primary N) is 1. The molecule has 1 heterocycles. The number of aryl methyl sites for hydroxylation is 1. The lowest BCUT2D eigenvalue weighted by atomic mass is 9.99. The van der Waals surface area contributed by atoms with Crippen LogP contribution in [0.2, 0.25) is 0 Å². The largest absolute Gasteiger partial charge is 0.330 e. The van der Waals surface area contributed by atoms with Crippen LogP contribution >= 0.6 is 0 Å². The van der Waals surface area contributed by atoms with Crippen LogP contribution in [0.1, 0.15) is 25.3 Å². The zero-order valence-corrected chi connectivity index (χ0v) is 12.2. The lowest BCUT2D eigenvalue weighted by molar-refractivity contribution is 0.278. The third-order valence-electron chi connectivity index (χ3n) is 3.85. The van der Waals surface area contributed by atoms with Crippen LogP contribution in [0, 0.1) is 5.92 Å². The second-order valence-corrected chi connectivity index (χ2v) is 7.02. The van der Waals surface area contributed by atoms with Crippen molar-refractivity contribution < 1.29 is 8.42 Å². The van der Waals surface area contributed by atoms with E-state index < -0.39 is 10.0 Å². The molecule has 0 spiro atoms. The molecule has 4 nitrogen and oxygen atoms in total. The number of sulfonamides is 1. The first-order valence-electron chi connectivity index (χ1n) is 6.87. The average molecular weight is 282 g/mol. The fourth-order valence-electron chi connectivity index (χ4n) is 2.46. The lowest BCUT2D eigenvalue weighted by Gasteiger charge is -2.30. The Labute approximate surface area is 115 Å². The smallest absolute Gasteiger partial charge is 0.243 e. The lowest BCUT2D eigenvalue weighted by Crippen LogP contribution is -2.40. The van der Waals surface area contributed by atoms with Crippen molar-refractivity contribution in [1.82, 2.24) is 4.31 Å². The van der Waals surface area contributed by atoms with Gasteiger partial charge >= 0.3 is 0 Å². The van der Waals surface area contributed by atoms with Crippen LogP contribution in [0.5, 0.6) is 0 Å². The van der Waals surface area contributed by atoms with E-state index in [2.05, 4.69) is 0 Å². The summed E-state index contributed by atoms with van der Waals surface area (Å²) in [5, 5.41) is 0. The average Bonchev–Trinajstić information content (AvgIpc) is 2.47. The van der Waals surface area contributed by atoms with Crippen LogP contribution in [-0.4, -0.2) is 32.4 Å². The summed E-state index contributed by atoms with van der Waals surface area (Å²) in [6.07, 6.45) is 2.57. The highest BCUT2D eigenvalue weighted by molar-refractivity contribution is 7.89. The van der Waals surface area contributed by atoms with Gasteiger partial charge in [0.15, 0.2) is 0 Å². The first-order chi connectivity index (χ1) is 9.07. The standard InChI is InChI=1S/C14H22N2O2S/c1-2-12-4-3-5-14(10-12)19(17,18)16-8-6-13(11-15)7-9-16/h3-5,10,13H,2,6-9,11,15H2,1H3. The molecule has 106 valence electrons. The summed E-state index contributed by atoms with van der Waals surface area (Å²) in [6, 6.07) is 7.24. The molecule has 1 saturated heterocycles. The van der Waals surface area contributed by atoms with E-state index in [1.54, 1.807) is 16.4 Å². The van der Waals surface area contributed by atoms with Gasteiger partial charge in [-0.1, -0.05) is 19.1 Å². The zero-order chi connectivity index (χ0) is 13.9. The van der Waals surface area contributed by atoms with Gasteiger partial charge < -0.3 is 5.73 Å². The van der Waals surface area contributed by atoms with Crippen LogP contribution in [-0.2, 0) is 16.4 Å².